The van der Waals surface area contributed by atoms with Crippen molar-refractivity contribution in [2.45, 2.75) is 40.2 Å². The van der Waals surface area contributed by atoms with Crippen LogP contribution in [0.15, 0.2) is 93.8 Å². The van der Waals surface area contributed by atoms with Crippen LogP contribution in [0.4, 0.5) is 29.2 Å². The van der Waals surface area contributed by atoms with E-state index in [0.29, 0.717) is 29.6 Å². The van der Waals surface area contributed by atoms with E-state index in [2.05, 4.69) is 61.6 Å². The molecule has 0 aliphatic rings. The summed E-state index contributed by atoms with van der Waals surface area (Å²) in [4.78, 5) is 23.2. The SMILES string of the molecule is Cc1ccc2oc(-c3ccc(Nc4nc(Nc5ccc(-c6nc7cc(C)ccc7o6)cc5)nc(NC(C)(C)C)n4)cc3)nc2c1. The first-order chi connectivity index (χ1) is 21.6. The number of nitrogens with zero attached hydrogens (tertiary/aromatic N) is 5. The van der Waals surface area contributed by atoms with Crippen molar-refractivity contribution in [3.8, 4) is 22.9 Å². The first-order valence-corrected chi connectivity index (χ1v) is 14.7. The van der Waals surface area contributed by atoms with Gasteiger partial charge in [-0.1, -0.05) is 12.1 Å². The molecule has 7 aromatic rings. The number of fused-ring (bicyclic) bond motifs is 2. The van der Waals surface area contributed by atoms with Crippen LogP contribution in [0, 0.1) is 13.8 Å². The van der Waals surface area contributed by atoms with E-state index in [1.807, 2.05) is 98.8 Å². The number of benzene rings is 4. The highest BCUT2D eigenvalue weighted by Crippen LogP contribution is 2.29. The monoisotopic (exact) mass is 596 g/mol. The van der Waals surface area contributed by atoms with Gasteiger partial charge >= 0.3 is 0 Å². The molecule has 3 heterocycles. The van der Waals surface area contributed by atoms with Crippen LogP contribution in [0.5, 0.6) is 0 Å². The van der Waals surface area contributed by atoms with E-state index in [4.69, 9.17) is 8.83 Å². The maximum absolute atomic E-state index is 5.96. The Hall–Kier alpha value is -5.77. The van der Waals surface area contributed by atoms with Crippen molar-refractivity contribution in [1.29, 1.82) is 0 Å². The predicted molar refractivity (Wildman–Crippen MR) is 178 cm³/mol. The second-order valence-electron chi connectivity index (χ2n) is 12.1. The molecular weight excluding hydrogens is 564 g/mol. The molecule has 0 atom stereocenters. The van der Waals surface area contributed by atoms with Crippen LogP contribution in [0.2, 0.25) is 0 Å². The van der Waals surface area contributed by atoms with Crippen molar-refractivity contribution in [1.82, 2.24) is 24.9 Å². The van der Waals surface area contributed by atoms with Crippen molar-refractivity contribution in [3.05, 3.63) is 96.1 Å². The smallest absolute Gasteiger partial charge is 0.233 e. The fourth-order valence-corrected chi connectivity index (χ4v) is 4.85. The van der Waals surface area contributed by atoms with Gasteiger partial charge in [0, 0.05) is 28.0 Å². The first-order valence-electron chi connectivity index (χ1n) is 14.7. The lowest BCUT2D eigenvalue weighted by Gasteiger charge is -2.21. The lowest BCUT2D eigenvalue weighted by molar-refractivity contribution is 0.619. The molecule has 0 aliphatic carbocycles. The molecule has 3 aromatic heterocycles. The summed E-state index contributed by atoms with van der Waals surface area (Å²) in [5.74, 6) is 2.37. The topological polar surface area (TPSA) is 127 Å². The maximum Gasteiger partial charge on any atom is 0.233 e. The summed E-state index contributed by atoms with van der Waals surface area (Å²) in [7, 11) is 0. The molecule has 0 radical (unpaired) electrons. The van der Waals surface area contributed by atoms with Gasteiger partial charge in [0.25, 0.3) is 0 Å². The molecule has 0 bridgehead atoms. The molecule has 0 spiro atoms. The normalized spacial score (nSPS) is 11.7. The number of hydrogen-bond donors (Lipinski definition) is 3. The predicted octanol–water partition coefficient (Wildman–Crippen LogP) is 8.80. The van der Waals surface area contributed by atoms with Gasteiger partial charge in [-0.15, -0.1) is 0 Å². The fraction of sp³-hybridized carbons (Fsp3) is 0.171. The van der Waals surface area contributed by atoms with Gasteiger partial charge in [-0.2, -0.15) is 15.0 Å². The van der Waals surface area contributed by atoms with E-state index in [-0.39, 0.29) is 5.54 Å². The number of oxazole rings is 2. The molecule has 0 amide bonds. The number of nitrogens with one attached hydrogen (secondary N) is 3. The Bertz CT molecular complexity index is 2000. The minimum atomic E-state index is -0.255. The highest BCUT2D eigenvalue weighted by Gasteiger charge is 2.16. The Morgan fingerprint density at radius 1 is 0.511 bits per heavy atom. The summed E-state index contributed by atoms with van der Waals surface area (Å²) in [5, 5.41) is 9.95. The second-order valence-corrected chi connectivity index (χ2v) is 12.1. The molecule has 10 nitrogen and oxygen atoms in total. The van der Waals surface area contributed by atoms with Crippen LogP contribution in [-0.4, -0.2) is 30.5 Å². The van der Waals surface area contributed by atoms with E-state index in [1.54, 1.807) is 0 Å². The molecule has 45 heavy (non-hydrogen) atoms. The maximum atomic E-state index is 5.96. The summed E-state index contributed by atoms with van der Waals surface area (Å²) >= 11 is 0. The van der Waals surface area contributed by atoms with Crippen molar-refractivity contribution in [2.24, 2.45) is 0 Å². The third kappa shape index (κ3) is 6.30. The third-order valence-electron chi connectivity index (χ3n) is 6.98. The van der Waals surface area contributed by atoms with Crippen LogP contribution in [0.1, 0.15) is 31.9 Å². The van der Waals surface area contributed by atoms with Gasteiger partial charge in [-0.25, -0.2) is 9.97 Å². The van der Waals surface area contributed by atoms with Gasteiger partial charge in [0.15, 0.2) is 11.2 Å². The molecule has 3 N–H and O–H groups in total. The molecule has 0 aliphatic heterocycles. The van der Waals surface area contributed by atoms with E-state index in [1.165, 1.54) is 0 Å². The molecule has 10 heteroatoms. The molecule has 0 fully saturated rings. The van der Waals surface area contributed by atoms with Crippen molar-refractivity contribution in [2.75, 3.05) is 16.0 Å². The van der Waals surface area contributed by atoms with Crippen LogP contribution in [-0.2, 0) is 0 Å². The summed E-state index contributed by atoms with van der Waals surface area (Å²) in [6.45, 7) is 10.2. The molecule has 0 saturated carbocycles. The number of aromatic nitrogens is 5. The third-order valence-corrected chi connectivity index (χ3v) is 6.98. The summed E-state index contributed by atoms with van der Waals surface area (Å²) in [6.07, 6.45) is 0. The van der Waals surface area contributed by atoms with Gasteiger partial charge < -0.3 is 24.8 Å². The minimum absolute atomic E-state index is 0.255. The van der Waals surface area contributed by atoms with Crippen molar-refractivity contribution >= 4 is 51.4 Å². The van der Waals surface area contributed by atoms with Gasteiger partial charge in [0.2, 0.25) is 29.6 Å². The van der Waals surface area contributed by atoms with E-state index in [0.717, 1.165) is 55.8 Å². The zero-order valence-corrected chi connectivity index (χ0v) is 25.6. The van der Waals surface area contributed by atoms with Crippen molar-refractivity contribution < 1.29 is 8.83 Å². The van der Waals surface area contributed by atoms with Crippen LogP contribution >= 0.6 is 0 Å². The second kappa shape index (κ2) is 11.1. The van der Waals surface area contributed by atoms with Crippen molar-refractivity contribution in [3.63, 3.8) is 0 Å². The lowest BCUT2D eigenvalue weighted by Crippen LogP contribution is -2.27. The number of aryl methyl sites for hydroxylation is 2. The Labute approximate surface area is 260 Å². The van der Waals surface area contributed by atoms with Gasteiger partial charge in [0.05, 0.1) is 0 Å². The van der Waals surface area contributed by atoms with Gasteiger partial charge in [-0.05, 0) is 119 Å². The zero-order chi connectivity index (χ0) is 31.1. The summed E-state index contributed by atoms with van der Waals surface area (Å²) < 4.78 is 11.9. The standard InChI is InChI=1S/C35H32N8O2/c1-20-6-16-28-26(18-20)38-30(44-28)22-8-12-24(13-9-22)36-32-40-33(42-34(41-32)43-35(3,4)5)37-25-14-10-23(11-15-25)31-39-27-19-21(2)7-17-29(27)45-31/h6-19H,1-5H3,(H3,36,37,40,41,42,43). The van der Waals surface area contributed by atoms with Gasteiger partial charge in [-0.3, -0.25) is 0 Å². The highest BCUT2D eigenvalue weighted by molar-refractivity contribution is 5.78. The number of rotatable bonds is 7. The Balaban J connectivity index is 1.11. The summed E-state index contributed by atoms with van der Waals surface area (Å²) in [5.41, 5.74) is 8.59. The fourth-order valence-electron chi connectivity index (χ4n) is 4.85. The number of hydrogen-bond acceptors (Lipinski definition) is 10. The zero-order valence-electron chi connectivity index (χ0n) is 25.6. The molecule has 224 valence electrons. The quantitative estimate of drug-likeness (QED) is 0.164. The molecule has 4 aromatic carbocycles. The van der Waals surface area contributed by atoms with E-state index >= 15 is 0 Å². The molecule has 7 rings (SSSR count). The first kappa shape index (κ1) is 28.0. The van der Waals surface area contributed by atoms with Crippen LogP contribution in [0.25, 0.3) is 45.1 Å². The van der Waals surface area contributed by atoms with E-state index in [9.17, 15) is 0 Å². The minimum Gasteiger partial charge on any atom is -0.436 e. The average Bonchev–Trinajstić information content (AvgIpc) is 3.61. The lowest BCUT2D eigenvalue weighted by atomic mass is 10.1. The van der Waals surface area contributed by atoms with E-state index < -0.39 is 0 Å². The van der Waals surface area contributed by atoms with Crippen LogP contribution in [0.3, 0.4) is 0 Å². The average molecular weight is 597 g/mol. The van der Waals surface area contributed by atoms with Crippen LogP contribution < -0.4 is 16.0 Å². The molecule has 0 unspecified atom stereocenters. The molecular formula is C35H32N8O2. The highest BCUT2D eigenvalue weighted by atomic mass is 16.4. The largest absolute Gasteiger partial charge is 0.436 e. The van der Waals surface area contributed by atoms with Gasteiger partial charge in [0.1, 0.15) is 11.0 Å². The summed E-state index contributed by atoms with van der Waals surface area (Å²) in [6, 6.07) is 27.5. The molecule has 0 saturated heterocycles. The Morgan fingerprint density at radius 3 is 1.36 bits per heavy atom. The number of anilines is 5. The Morgan fingerprint density at radius 2 is 0.933 bits per heavy atom. The Kier molecular flexibility index (Phi) is 6.89.